The fourth-order valence-electron chi connectivity index (χ4n) is 5.90. The van der Waals surface area contributed by atoms with Crippen LogP contribution in [0.15, 0.2) is 12.1 Å². The lowest BCUT2D eigenvalue weighted by atomic mass is 9.77. The number of hydrogen-bond acceptors (Lipinski definition) is 5. The zero-order chi connectivity index (χ0) is 22.0. The van der Waals surface area contributed by atoms with Crippen molar-refractivity contribution in [3.05, 3.63) is 23.3 Å². The molecule has 0 bridgehead atoms. The minimum atomic E-state index is -3.20. The number of halogens is 1. The van der Waals surface area contributed by atoms with Gasteiger partial charge in [-0.25, -0.2) is 8.42 Å². The van der Waals surface area contributed by atoms with Gasteiger partial charge in [0.2, 0.25) is 10.0 Å². The summed E-state index contributed by atoms with van der Waals surface area (Å²) in [5.74, 6) is 2.27. The second-order valence-corrected chi connectivity index (χ2v) is 11.4. The summed E-state index contributed by atoms with van der Waals surface area (Å²) >= 11 is 0. The second-order valence-electron chi connectivity index (χ2n) is 9.36. The smallest absolute Gasteiger partial charge is 0.214 e. The number of methoxy groups -OCH3 is 2. The molecule has 1 aromatic rings. The van der Waals surface area contributed by atoms with E-state index in [4.69, 9.17) is 9.47 Å². The van der Waals surface area contributed by atoms with Gasteiger partial charge in [0.15, 0.2) is 11.5 Å². The summed E-state index contributed by atoms with van der Waals surface area (Å²) in [6, 6.07) is 4.60. The highest BCUT2D eigenvalue weighted by molar-refractivity contribution is 7.89. The number of piperidine rings is 2. The lowest BCUT2D eigenvalue weighted by Gasteiger charge is -2.51. The van der Waals surface area contributed by atoms with E-state index in [2.05, 4.69) is 24.0 Å². The van der Waals surface area contributed by atoms with E-state index in [1.165, 1.54) is 11.1 Å². The number of nitrogens with zero attached hydrogens (tertiary/aromatic N) is 2. The SMILES string of the molecule is CCCCCCS(=O)(=O)N1CCC[C@@H]2CN3CCc4cc(OC)c(OC)cc4[C@H]3C[C@@H]21.Cl. The first kappa shape index (κ1) is 25.6. The average molecular weight is 487 g/mol. The van der Waals surface area contributed by atoms with Crippen LogP contribution < -0.4 is 9.47 Å². The maximum absolute atomic E-state index is 13.3. The van der Waals surface area contributed by atoms with E-state index in [1.807, 2.05) is 4.31 Å². The number of sulfonamides is 1. The molecule has 32 heavy (non-hydrogen) atoms. The van der Waals surface area contributed by atoms with Crippen LogP contribution >= 0.6 is 12.4 Å². The molecular weight excluding hydrogens is 448 g/mol. The highest BCUT2D eigenvalue weighted by atomic mass is 35.5. The molecule has 0 spiro atoms. The van der Waals surface area contributed by atoms with Gasteiger partial charge in [-0.1, -0.05) is 26.2 Å². The summed E-state index contributed by atoms with van der Waals surface area (Å²) < 4.78 is 39.5. The maximum Gasteiger partial charge on any atom is 0.214 e. The van der Waals surface area contributed by atoms with E-state index in [0.717, 1.165) is 76.0 Å². The zero-order valence-corrected chi connectivity index (χ0v) is 21.3. The largest absolute Gasteiger partial charge is 0.493 e. The van der Waals surface area contributed by atoms with Crippen molar-refractivity contribution in [3.63, 3.8) is 0 Å². The molecular formula is C24H39ClN2O4S. The number of unbranched alkanes of at least 4 members (excludes halogenated alkanes) is 3. The normalized spacial score (nSPS) is 25.8. The quantitative estimate of drug-likeness (QED) is 0.509. The van der Waals surface area contributed by atoms with Crippen LogP contribution in [0, 0.1) is 5.92 Å². The summed E-state index contributed by atoms with van der Waals surface area (Å²) in [6.45, 7) is 4.86. The van der Waals surface area contributed by atoms with Gasteiger partial charge in [0.1, 0.15) is 0 Å². The molecule has 3 atom stereocenters. The zero-order valence-electron chi connectivity index (χ0n) is 19.7. The predicted octanol–water partition coefficient (Wildman–Crippen LogP) is 4.42. The van der Waals surface area contributed by atoms with E-state index in [9.17, 15) is 8.42 Å². The third-order valence-electron chi connectivity index (χ3n) is 7.53. The van der Waals surface area contributed by atoms with E-state index >= 15 is 0 Å². The standard InChI is InChI=1S/C24H38N2O4S.ClH/c1-4-5-6-7-13-31(27,28)26-11-8-9-19-17-25-12-10-18-14-23(29-2)24(30-3)15-20(18)22(25)16-21(19)26;/h14-15,19,21-22H,4-13,16-17H2,1-3H3;1H/t19-,21+,22-;/m1./s1. The predicted molar refractivity (Wildman–Crippen MR) is 131 cm³/mol. The van der Waals surface area contributed by atoms with Crippen LogP contribution in [0.1, 0.15) is 69.0 Å². The lowest BCUT2D eigenvalue weighted by molar-refractivity contribution is 0.0218. The van der Waals surface area contributed by atoms with Crippen LogP contribution in [0.2, 0.25) is 0 Å². The molecule has 4 rings (SSSR count). The molecule has 0 saturated carbocycles. The van der Waals surface area contributed by atoms with Crippen molar-refractivity contribution in [2.75, 3.05) is 39.6 Å². The minimum Gasteiger partial charge on any atom is -0.493 e. The Bertz CT molecular complexity index is 879. The molecule has 2 saturated heterocycles. The fraction of sp³-hybridized carbons (Fsp3) is 0.750. The van der Waals surface area contributed by atoms with Crippen molar-refractivity contribution in [2.45, 2.75) is 70.4 Å². The van der Waals surface area contributed by atoms with Crippen LogP contribution in [0.3, 0.4) is 0 Å². The topological polar surface area (TPSA) is 59.1 Å². The average Bonchev–Trinajstić information content (AvgIpc) is 2.79. The van der Waals surface area contributed by atoms with Crippen molar-refractivity contribution < 1.29 is 17.9 Å². The minimum absolute atomic E-state index is 0. The number of hydrogen-bond donors (Lipinski definition) is 0. The van der Waals surface area contributed by atoms with Gasteiger partial charge in [-0.2, -0.15) is 4.31 Å². The van der Waals surface area contributed by atoms with Gasteiger partial charge in [0.25, 0.3) is 0 Å². The first-order valence-electron chi connectivity index (χ1n) is 12.0. The van der Waals surface area contributed by atoms with Crippen LogP contribution in [-0.4, -0.2) is 63.3 Å². The fourth-order valence-corrected chi connectivity index (χ4v) is 7.79. The lowest BCUT2D eigenvalue weighted by Crippen LogP contribution is -2.57. The molecule has 182 valence electrons. The number of fused-ring (bicyclic) bond motifs is 4. The van der Waals surface area contributed by atoms with Crippen LogP contribution in [0.25, 0.3) is 0 Å². The number of benzene rings is 1. The summed E-state index contributed by atoms with van der Waals surface area (Å²) in [5.41, 5.74) is 2.59. The Labute approximate surface area is 200 Å². The van der Waals surface area contributed by atoms with Gasteiger partial charge in [0, 0.05) is 31.7 Å². The molecule has 1 aromatic carbocycles. The molecule has 0 aliphatic carbocycles. The molecule has 0 amide bonds. The van der Waals surface area contributed by atoms with Crippen molar-refractivity contribution in [3.8, 4) is 11.5 Å². The van der Waals surface area contributed by atoms with Crippen molar-refractivity contribution in [1.29, 1.82) is 0 Å². The van der Waals surface area contributed by atoms with Crippen molar-refractivity contribution in [1.82, 2.24) is 9.21 Å². The van der Waals surface area contributed by atoms with Crippen molar-refractivity contribution in [2.24, 2.45) is 5.92 Å². The Morgan fingerprint density at radius 2 is 1.81 bits per heavy atom. The first-order valence-corrected chi connectivity index (χ1v) is 13.6. The summed E-state index contributed by atoms with van der Waals surface area (Å²) in [4.78, 5) is 2.58. The Morgan fingerprint density at radius 3 is 2.53 bits per heavy atom. The van der Waals surface area contributed by atoms with E-state index in [-0.39, 0.29) is 24.5 Å². The Balaban J connectivity index is 0.00000289. The summed E-state index contributed by atoms with van der Waals surface area (Å²) in [5, 5.41) is 0. The van der Waals surface area contributed by atoms with E-state index in [0.29, 0.717) is 18.2 Å². The maximum atomic E-state index is 13.3. The van der Waals surface area contributed by atoms with Gasteiger partial charge in [-0.15, -0.1) is 12.4 Å². The van der Waals surface area contributed by atoms with Crippen molar-refractivity contribution >= 4 is 22.4 Å². The molecule has 0 unspecified atom stereocenters. The van der Waals surface area contributed by atoms with Gasteiger partial charge in [0.05, 0.1) is 20.0 Å². The van der Waals surface area contributed by atoms with Gasteiger partial charge < -0.3 is 9.47 Å². The molecule has 0 N–H and O–H groups in total. The van der Waals surface area contributed by atoms with Crippen LogP contribution in [0.5, 0.6) is 11.5 Å². The summed E-state index contributed by atoms with van der Waals surface area (Å²) in [7, 11) is 0.150. The van der Waals surface area contributed by atoms with Crippen LogP contribution in [-0.2, 0) is 16.4 Å². The third kappa shape index (κ3) is 5.06. The molecule has 0 aromatic heterocycles. The van der Waals surface area contributed by atoms with Gasteiger partial charge >= 0.3 is 0 Å². The molecule has 3 aliphatic rings. The molecule has 3 heterocycles. The monoisotopic (exact) mass is 486 g/mol. The Morgan fingerprint density at radius 1 is 1.06 bits per heavy atom. The number of ether oxygens (including phenoxy) is 2. The first-order chi connectivity index (χ1) is 15.0. The van der Waals surface area contributed by atoms with Gasteiger partial charge in [-0.05, 0) is 61.3 Å². The highest BCUT2D eigenvalue weighted by Crippen LogP contribution is 2.46. The third-order valence-corrected chi connectivity index (χ3v) is 9.50. The van der Waals surface area contributed by atoms with E-state index in [1.54, 1.807) is 14.2 Å². The second kappa shape index (κ2) is 10.9. The molecule has 8 heteroatoms. The number of rotatable bonds is 8. The molecule has 0 radical (unpaired) electrons. The van der Waals surface area contributed by atoms with Gasteiger partial charge in [-0.3, -0.25) is 4.90 Å². The highest BCUT2D eigenvalue weighted by Gasteiger charge is 2.45. The van der Waals surface area contributed by atoms with Crippen LogP contribution in [0.4, 0.5) is 0 Å². The molecule has 2 fully saturated rings. The summed E-state index contributed by atoms with van der Waals surface area (Å²) in [6.07, 6.45) is 8.01. The molecule has 3 aliphatic heterocycles. The molecule has 6 nitrogen and oxygen atoms in total. The van der Waals surface area contributed by atoms with E-state index < -0.39 is 10.0 Å². The Hall–Kier alpha value is -1.02. The Kier molecular flexibility index (Phi) is 8.75.